The smallest absolute Gasteiger partial charge is 0.336 e. The van der Waals surface area contributed by atoms with Crippen LogP contribution < -0.4 is 0 Å². The zero-order chi connectivity index (χ0) is 10.9. The topological polar surface area (TPSA) is 91.7 Å². The van der Waals surface area contributed by atoms with E-state index in [0.29, 0.717) is 3.57 Å². The lowest BCUT2D eigenvalue weighted by atomic mass is 10.2. The molecule has 1 aromatic rings. The third-order valence-electron chi connectivity index (χ3n) is 1.47. The molecule has 1 rings (SSSR count). The van der Waals surface area contributed by atoms with Crippen LogP contribution in [0.4, 0.5) is 0 Å². The Bertz CT molecular complexity index is 479. The Morgan fingerprint density at radius 2 is 1.93 bits per heavy atom. The molecule has 0 spiro atoms. The molecule has 0 amide bonds. The summed E-state index contributed by atoms with van der Waals surface area (Å²) in [4.78, 5) is 10.2. The molecule has 2 N–H and O–H groups in total. The average Bonchev–Trinajstić information content (AvgIpc) is 2.02. The maximum atomic E-state index is 10.7. The van der Waals surface area contributed by atoms with E-state index >= 15 is 0 Å². The van der Waals surface area contributed by atoms with Crippen LogP contribution in [0.1, 0.15) is 10.4 Å². The summed E-state index contributed by atoms with van der Waals surface area (Å²) in [6.07, 6.45) is 0. The van der Waals surface area contributed by atoms with Gasteiger partial charge in [-0.05, 0) is 40.8 Å². The van der Waals surface area contributed by atoms with Gasteiger partial charge in [-0.15, -0.1) is 0 Å². The van der Waals surface area contributed by atoms with E-state index in [9.17, 15) is 13.2 Å². The highest BCUT2D eigenvalue weighted by molar-refractivity contribution is 14.1. The van der Waals surface area contributed by atoms with E-state index in [-0.39, 0.29) is 5.56 Å². The molecule has 0 fully saturated rings. The van der Waals surface area contributed by atoms with Crippen molar-refractivity contribution in [3.05, 3.63) is 27.3 Å². The Morgan fingerprint density at radius 1 is 1.36 bits per heavy atom. The number of hydrogen-bond acceptors (Lipinski definition) is 3. The van der Waals surface area contributed by atoms with Gasteiger partial charge in [-0.1, -0.05) is 0 Å². The molecule has 1 aromatic carbocycles. The van der Waals surface area contributed by atoms with Gasteiger partial charge in [-0.3, -0.25) is 4.55 Å². The highest BCUT2D eigenvalue weighted by Gasteiger charge is 2.15. The molecule has 0 aromatic heterocycles. The lowest BCUT2D eigenvalue weighted by Crippen LogP contribution is -2.04. The lowest BCUT2D eigenvalue weighted by molar-refractivity contribution is 0.0695. The Balaban J connectivity index is 3.42. The standard InChI is InChI=1S/C7H5IO5S/c8-6-2-1-4(14(11,12)13)3-5(6)7(9)10/h1-3H,(H,9,10)(H,11,12,13). The van der Waals surface area contributed by atoms with Crippen molar-refractivity contribution in [2.45, 2.75) is 4.90 Å². The summed E-state index contributed by atoms with van der Waals surface area (Å²) in [6, 6.07) is 3.37. The molecule has 0 aliphatic heterocycles. The fourth-order valence-corrected chi connectivity index (χ4v) is 1.90. The maximum absolute atomic E-state index is 10.7. The minimum absolute atomic E-state index is 0.152. The van der Waals surface area contributed by atoms with Gasteiger partial charge in [0.15, 0.2) is 0 Å². The third-order valence-corrected chi connectivity index (χ3v) is 3.26. The fraction of sp³-hybridized carbons (Fsp3) is 0. The molecule has 0 heterocycles. The number of halogens is 1. The van der Waals surface area contributed by atoms with Crippen LogP contribution in [0.25, 0.3) is 0 Å². The normalized spacial score (nSPS) is 11.3. The number of benzene rings is 1. The van der Waals surface area contributed by atoms with Crippen molar-refractivity contribution in [1.82, 2.24) is 0 Å². The van der Waals surface area contributed by atoms with Gasteiger partial charge in [0.2, 0.25) is 0 Å². The van der Waals surface area contributed by atoms with Crippen LogP contribution in [0.5, 0.6) is 0 Å². The zero-order valence-corrected chi connectivity index (χ0v) is 9.61. The van der Waals surface area contributed by atoms with Gasteiger partial charge in [0.05, 0.1) is 10.5 Å². The summed E-state index contributed by atoms with van der Waals surface area (Å²) in [6.45, 7) is 0. The van der Waals surface area contributed by atoms with E-state index in [4.69, 9.17) is 9.66 Å². The lowest BCUT2D eigenvalue weighted by Gasteiger charge is -2.01. The van der Waals surface area contributed by atoms with Gasteiger partial charge < -0.3 is 5.11 Å². The Morgan fingerprint density at radius 3 is 2.36 bits per heavy atom. The van der Waals surface area contributed by atoms with Gasteiger partial charge in [0.25, 0.3) is 10.1 Å². The first-order chi connectivity index (χ1) is 6.32. The SMILES string of the molecule is O=C(O)c1cc(S(=O)(=O)O)ccc1I. The van der Waals surface area contributed by atoms with Gasteiger partial charge in [-0.25, -0.2) is 4.79 Å². The first-order valence-electron chi connectivity index (χ1n) is 3.32. The molecule has 0 saturated carbocycles. The minimum atomic E-state index is -4.34. The predicted octanol–water partition coefficient (Wildman–Crippen LogP) is 1.24. The molecule has 0 unspecified atom stereocenters. The van der Waals surface area contributed by atoms with Crippen molar-refractivity contribution in [2.75, 3.05) is 0 Å². The van der Waals surface area contributed by atoms with Crippen LogP contribution >= 0.6 is 22.6 Å². The molecule has 0 aliphatic carbocycles. The minimum Gasteiger partial charge on any atom is -0.478 e. The maximum Gasteiger partial charge on any atom is 0.336 e. The van der Waals surface area contributed by atoms with Crippen LogP contribution in [0.2, 0.25) is 0 Å². The Hall–Kier alpha value is -0.670. The van der Waals surface area contributed by atoms with E-state index in [1.54, 1.807) is 22.6 Å². The summed E-state index contributed by atoms with van der Waals surface area (Å²) in [5, 5.41) is 8.67. The number of carbonyl (C=O) groups is 1. The first-order valence-corrected chi connectivity index (χ1v) is 5.84. The molecule has 76 valence electrons. The Kier molecular flexibility index (Phi) is 3.12. The molecule has 0 aliphatic rings. The van der Waals surface area contributed by atoms with Gasteiger partial charge >= 0.3 is 5.97 Å². The molecule has 7 heteroatoms. The number of aromatic carboxylic acids is 1. The van der Waals surface area contributed by atoms with Crippen molar-refractivity contribution in [3.8, 4) is 0 Å². The van der Waals surface area contributed by atoms with Crippen LogP contribution in [0.3, 0.4) is 0 Å². The highest BCUT2D eigenvalue weighted by Crippen LogP contribution is 2.17. The number of rotatable bonds is 2. The van der Waals surface area contributed by atoms with E-state index in [1.807, 2.05) is 0 Å². The van der Waals surface area contributed by atoms with Gasteiger partial charge in [-0.2, -0.15) is 8.42 Å². The van der Waals surface area contributed by atoms with Crippen molar-refractivity contribution in [1.29, 1.82) is 0 Å². The monoisotopic (exact) mass is 328 g/mol. The quantitative estimate of drug-likeness (QED) is 0.629. The predicted molar refractivity (Wildman–Crippen MR) is 55.9 cm³/mol. The molecule has 0 atom stereocenters. The second kappa shape index (κ2) is 3.83. The van der Waals surface area contributed by atoms with Gasteiger partial charge in [0, 0.05) is 3.57 Å². The van der Waals surface area contributed by atoms with Crippen molar-refractivity contribution in [2.24, 2.45) is 0 Å². The molecular weight excluding hydrogens is 323 g/mol. The first kappa shape index (κ1) is 11.4. The van der Waals surface area contributed by atoms with Crippen molar-refractivity contribution >= 4 is 38.7 Å². The summed E-state index contributed by atoms with van der Waals surface area (Å²) < 4.78 is 30.4. The second-order valence-corrected chi connectivity index (χ2v) is 5.01. The summed E-state index contributed by atoms with van der Waals surface area (Å²) in [5.41, 5.74) is -0.152. The molecule has 0 saturated heterocycles. The summed E-state index contributed by atoms with van der Waals surface area (Å²) in [5.74, 6) is -1.24. The number of hydrogen-bond donors (Lipinski definition) is 2. The van der Waals surface area contributed by atoms with Gasteiger partial charge in [0.1, 0.15) is 0 Å². The van der Waals surface area contributed by atoms with E-state index < -0.39 is 21.0 Å². The molecule has 5 nitrogen and oxygen atoms in total. The third kappa shape index (κ3) is 2.42. The summed E-state index contributed by atoms with van der Waals surface area (Å²) >= 11 is 1.76. The largest absolute Gasteiger partial charge is 0.478 e. The highest BCUT2D eigenvalue weighted by atomic mass is 127. The van der Waals surface area contributed by atoms with Crippen LogP contribution in [-0.2, 0) is 10.1 Å². The molecular formula is C7H5IO5S. The number of carboxylic acid groups (broad SMARTS) is 1. The van der Waals surface area contributed by atoms with Crippen LogP contribution in [0.15, 0.2) is 23.1 Å². The van der Waals surface area contributed by atoms with Crippen molar-refractivity contribution in [3.63, 3.8) is 0 Å². The van der Waals surface area contributed by atoms with E-state index in [1.165, 1.54) is 6.07 Å². The second-order valence-electron chi connectivity index (χ2n) is 2.42. The van der Waals surface area contributed by atoms with Crippen LogP contribution in [-0.4, -0.2) is 24.0 Å². The van der Waals surface area contributed by atoms with E-state index in [0.717, 1.165) is 12.1 Å². The Labute approximate surface area is 93.6 Å². The average molecular weight is 328 g/mol. The van der Waals surface area contributed by atoms with Crippen LogP contribution in [0, 0.1) is 3.57 Å². The fourth-order valence-electron chi connectivity index (χ4n) is 0.829. The zero-order valence-electron chi connectivity index (χ0n) is 6.64. The molecule has 14 heavy (non-hydrogen) atoms. The molecule has 0 bridgehead atoms. The van der Waals surface area contributed by atoms with E-state index in [2.05, 4.69) is 0 Å². The number of carboxylic acids is 1. The summed E-state index contributed by atoms with van der Waals surface area (Å²) in [7, 11) is -4.34. The molecule has 0 radical (unpaired) electrons. The van der Waals surface area contributed by atoms with Crippen molar-refractivity contribution < 1.29 is 22.9 Å².